The third-order valence-corrected chi connectivity index (χ3v) is 4.82. The number of benzene rings is 2. The molecule has 7 nitrogen and oxygen atoms in total. The van der Waals surface area contributed by atoms with Gasteiger partial charge < -0.3 is 19.7 Å². The van der Waals surface area contributed by atoms with Crippen molar-refractivity contribution in [1.82, 2.24) is 0 Å². The lowest BCUT2D eigenvalue weighted by molar-refractivity contribution is -0.157. The summed E-state index contributed by atoms with van der Waals surface area (Å²) in [5.41, 5.74) is 2.32. The van der Waals surface area contributed by atoms with Crippen LogP contribution in [0.15, 0.2) is 48.5 Å². The number of rotatable bonds is 6. The summed E-state index contributed by atoms with van der Waals surface area (Å²) >= 11 is 0. The van der Waals surface area contributed by atoms with Crippen molar-refractivity contribution >= 4 is 29.2 Å². The van der Waals surface area contributed by atoms with Crippen molar-refractivity contribution < 1.29 is 23.9 Å². The van der Waals surface area contributed by atoms with Crippen LogP contribution in [-0.4, -0.2) is 37.5 Å². The average molecular weight is 396 g/mol. The number of nitrogens with one attached hydrogen (secondary N) is 1. The highest BCUT2D eigenvalue weighted by Crippen LogP contribution is 2.33. The van der Waals surface area contributed by atoms with Crippen LogP contribution in [0.5, 0.6) is 5.75 Å². The molecule has 7 heteroatoms. The van der Waals surface area contributed by atoms with Crippen LogP contribution in [-0.2, 0) is 19.1 Å². The SMILES string of the molecule is COc1ccccc1N1C[C@H](C(=O)O[C@H](C)C(=O)Nc2ccc(C)cc2)CC1=O. The van der Waals surface area contributed by atoms with E-state index < -0.39 is 23.9 Å². The molecule has 0 spiro atoms. The van der Waals surface area contributed by atoms with E-state index in [1.54, 1.807) is 30.3 Å². The normalized spacial score (nSPS) is 17.0. The Balaban J connectivity index is 1.60. The number of carbonyl (C=O) groups excluding carboxylic acids is 3. The van der Waals surface area contributed by atoms with E-state index in [-0.39, 0.29) is 18.9 Å². The Morgan fingerprint density at radius 3 is 2.52 bits per heavy atom. The molecule has 152 valence electrons. The smallest absolute Gasteiger partial charge is 0.312 e. The van der Waals surface area contributed by atoms with Gasteiger partial charge in [0.05, 0.1) is 18.7 Å². The number of methoxy groups -OCH3 is 1. The van der Waals surface area contributed by atoms with Gasteiger partial charge in [-0.1, -0.05) is 29.8 Å². The summed E-state index contributed by atoms with van der Waals surface area (Å²) in [5, 5.41) is 2.71. The van der Waals surface area contributed by atoms with Gasteiger partial charge >= 0.3 is 5.97 Å². The van der Waals surface area contributed by atoms with Crippen LogP contribution in [0.25, 0.3) is 0 Å². The fraction of sp³-hybridized carbons (Fsp3) is 0.318. The summed E-state index contributed by atoms with van der Waals surface area (Å²) < 4.78 is 10.6. The van der Waals surface area contributed by atoms with Gasteiger partial charge in [0.15, 0.2) is 6.10 Å². The second-order valence-corrected chi connectivity index (χ2v) is 7.01. The predicted molar refractivity (Wildman–Crippen MR) is 109 cm³/mol. The molecule has 0 bridgehead atoms. The third-order valence-electron chi connectivity index (χ3n) is 4.82. The Morgan fingerprint density at radius 1 is 1.14 bits per heavy atom. The lowest BCUT2D eigenvalue weighted by atomic mass is 10.1. The first-order chi connectivity index (χ1) is 13.9. The number of para-hydroxylation sites is 2. The van der Waals surface area contributed by atoms with Crippen LogP contribution < -0.4 is 15.0 Å². The summed E-state index contributed by atoms with van der Waals surface area (Å²) in [6.07, 6.45) is -0.942. The fourth-order valence-corrected chi connectivity index (χ4v) is 3.16. The highest BCUT2D eigenvalue weighted by atomic mass is 16.5. The van der Waals surface area contributed by atoms with Crippen LogP contribution in [0.3, 0.4) is 0 Å². The molecule has 0 unspecified atom stereocenters. The lowest BCUT2D eigenvalue weighted by Crippen LogP contribution is -2.33. The molecular formula is C22H24N2O5. The molecule has 2 aromatic rings. The predicted octanol–water partition coefficient (Wildman–Crippen LogP) is 2.93. The molecule has 3 rings (SSSR count). The highest BCUT2D eigenvalue weighted by molar-refractivity contribution is 6.01. The molecule has 2 atom stereocenters. The van der Waals surface area contributed by atoms with Crippen LogP contribution in [0, 0.1) is 12.8 Å². The van der Waals surface area contributed by atoms with Gasteiger partial charge in [0.25, 0.3) is 5.91 Å². The van der Waals surface area contributed by atoms with Gasteiger partial charge in [0.2, 0.25) is 5.91 Å². The molecule has 2 aromatic carbocycles. The van der Waals surface area contributed by atoms with Crippen molar-refractivity contribution in [2.24, 2.45) is 5.92 Å². The first-order valence-corrected chi connectivity index (χ1v) is 9.40. The third kappa shape index (κ3) is 4.74. The van der Waals surface area contributed by atoms with Gasteiger partial charge in [-0.2, -0.15) is 0 Å². The summed E-state index contributed by atoms with van der Waals surface area (Å²) in [6, 6.07) is 14.4. The van der Waals surface area contributed by atoms with Gasteiger partial charge in [-0.25, -0.2) is 0 Å². The largest absolute Gasteiger partial charge is 0.495 e. The number of anilines is 2. The summed E-state index contributed by atoms with van der Waals surface area (Å²) in [7, 11) is 1.53. The van der Waals surface area contributed by atoms with Gasteiger partial charge in [0, 0.05) is 18.7 Å². The van der Waals surface area contributed by atoms with E-state index in [0.29, 0.717) is 17.1 Å². The van der Waals surface area contributed by atoms with Crippen molar-refractivity contribution in [2.45, 2.75) is 26.4 Å². The van der Waals surface area contributed by atoms with E-state index in [4.69, 9.17) is 9.47 Å². The van der Waals surface area contributed by atoms with E-state index in [1.807, 2.05) is 25.1 Å². The molecule has 29 heavy (non-hydrogen) atoms. The van der Waals surface area contributed by atoms with Crippen molar-refractivity contribution in [3.05, 3.63) is 54.1 Å². The Hall–Kier alpha value is -3.35. The zero-order chi connectivity index (χ0) is 21.0. The van der Waals surface area contributed by atoms with E-state index in [2.05, 4.69) is 5.32 Å². The molecule has 0 aromatic heterocycles. The van der Waals surface area contributed by atoms with Crippen LogP contribution in [0.4, 0.5) is 11.4 Å². The van der Waals surface area contributed by atoms with Gasteiger partial charge in [-0.3, -0.25) is 14.4 Å². The quantitative estimate of drug-likeness (QED) is 0.759. The molecule has 1 fully saturated rings. The van der Waals surface area contributed by atoms with Gasteiger partial charge in [-0.05, 0) is 38.1 Å². The maximum atomic E-state index is 12.5. The molecule has 2 amide bonds. The Labute approximate surface area is 169 Å². The van der Waals surface area contributed by atoms with Crippen LogP contribution >= 0.6 is 0 Å². The minimum absolute atomic E-state index is 0.0309. The van der Waals surface area contributed by atoms with Crippen molar-refractivity contribution in [2.75, 3.05) is 23.9 Å². The first kappa shape index (κ1) is 20.4. The number of ether oxygens (including phenoxy) is 2. The van der Waals surface area contributed by atoms with Crippen molar-refractivity contribution in [1.29, 1.82) is 0 Å². The standard InChI is InChI=1S/C22H24N2O5/c1-14-8-10-17(11-9-14)23-21(26)15(2)29-22(27)16-12-20(25)24(13-16)18-6-4-5-7-19(18)28-3/h4-11,15-16H,12-13H2,1-3H3,(H,23,26)/t15-,16-/m1/s1. The van der Waals surface area contributed by atoms with Crippen molar-refractivity contribution in [3.63, 3.8) is 0 Å². The molecule has 1 aliphatic heterocycles. The van der Waals surface area contributed by atoms with E-state index in [9.17, 15) is 14.4 Å². The maximum Gasteiger partial charge on any atom is 0.312 e. The van der Waals surface area contributed by atoms with Gasteiger partial charge in [-0.15, -0.1) is 0 Å². The Morgan fingerprint density at radius 2 is 1.83 bits per heavy atom. The summed E-state index contributed by atoms with van der Waals surface area (Å²) in [6.45, 7) is 3.65. The lowest BCUT2D eigenvalue weighted by Gasteiger charge is -2.20. The molecule has 1 heterocycles. The summed E-state index contributed by atoms with van der Waals surface area (Å²) in [4.78, 5) is 38.8. The second-order valence-electron chi connectivity index (χ2n) is 7.01. The average Bonchev–Trinajstić information content (AvgIpc) is 3.11. The second kappa shape index (κ2) is 8.77. The van der Waals surface area contributed by atoms with Crippen LogP contribution in [0.1, 0.15) is 18.9 Å². The van der Waals surface area contributed by atoms with E-state index >= 15 is 0 Å². The Bertz CT molecular complexity index is 910. The zero-order valence-electron chi connectivity index (χ0n) is 16.7. The van der Waals surface area contributed by atoms with Crippen molar-refractivity contribution in [3.8, 4) is 5.75 Å². The molecule has 0 radical (unpaired) electrons. The fourth-order valence-electron chi connectivity index (χ4n) is 3.16. The molecule has 0 saturated carbocycles. The number of carbonyl (C=O) groups is 3. The number of amides is 2. The maximum absolute atomic E-state index is 12.5. The minimum atomic E-state index is -0.973. The topological polar surface area (TPSA) is 84.9 Å². The molecular weight excluding hydrogens is 372 g/mol. The number of esters is 1. The number of nitrogens with zero attached hydrogens (tertiary/aromatic N) is 1. The monoisotopic (exact) mass is 396 g/mol. The number of hydrogen-bond acceptors (Lipinski definition) is 5. The Kier molecular flexibility index (Phi) is 6.16. The van der Waals surface area contributed by atoms with Gasteiger partial charge in [0.1, 0.15) is 5.75 Å². The molecule has 1 N–H and O–H groups in total. The number of aryl methyl sites for hydroxylation is 1. The molecule has 0 aliphatic carbocycles. The highest BCUT2D eigenvalue weighted by Gasteiger charge is 2.38. The van der Waals surface area contributed by atoms with E-state index in [1.165, 1.54) is 18.9 Å². The minimum Gasteiger partial charge on any atom is -0.495 e. The number of hydrogen-bond donors (Lipinski definition) is 1. The van der Waals surface area contributed by atoms with Crippen LogP contribution in [0.2, 0.25) is 0 Å². The first-order valence-electron chi connectivity index (χ1n) is 9.40. The molecule has 1 saturated heterocycles. The van der Waals surface area contributed by atoms with E-state index in [0.717, 1.165) is 5.56 Å². The zero-order valence-corrected chi connectivity index (χ0v) is 16.7. The summed E-state index contributed by atoms with van der Waals surface area (Å²) in [5.74, 6) is -1.26. The molecule has 1 aliphatic rings.